The number of hydrogen-bond donors (Lipinski definition) is 0. The van der Waals surface area contributed by atoms with Gasteiger partial charge in [-0.1, -0.05) is 0 Å². The Morgan fingerprint density at radius 1 is 1.00 bits per heavy atom. The Morgan fingerprint density at radius 3 is 1.00 bits per heavy atom. The van der Waals surface area contributed by atoms with E-state index in [9.17, 15) is 0 Å². The summed E-state index contributed by atoms with van der Waals surface area (Å²) in [6.45, 7) is 0. The Kier molecular flexibility index (Phi) is 152. The van der Waals surface area contributed by atoms with Crippen molar-refractivity contribution < 1.29 is 74.4 Å². The second kappa shape index (κ2) is 18.4. The number of hydrogen-bond acceptors (Lipinski definition) is 0. The van der Waals surface area contributed by atoms with E-state index in [-0.39, 0.29) is 74.4 Å². The van der Waals surface area contributed by atoms with Crippen LogP contribution in [0.1, 0.15) is 0 Å². The Bertz CT molecular complexity index is 8.00. The molecule has 0 aliphatic rings. The van der Waals surface area contributed by atoms with Gasteiger partial charge in [-0.3, -0.25) is 0 Å². The van der Waals surface area contributed by atoms with Crippen molar-refractivity contribution in [3.05, 3.63) is 0 Å². The Hall–Kier alpha value is 2.34. The maximum Gasteiger partial charge on any atom is 0 e. The van der Waals surface area contributed by atoms with E-state index in [1.54, 1.807) is 0 Å². The molecule has 0 saturated carbocycles. The molecule has 2 radical (unpaired) electrons. The first-order chi connectivity index (χ1) is 0. The average Bonchev–Trinajstić information content (AvgIpc) is 0. The monoisotopic (exact) mass is 419 g/mol. The summed E-state index contributed by atoms with van der Waals surface area (Å²) in [7, 11) is 0. The van der Waals surface area contributed by atoms with Gasteiger partial charge in [-0.25, -0.2) is 0 Å². The molecule has 0 N–H and O–H groups in total. The van der Waals surface area contributed by atoms with E-state index in [0.29, 0.717) is 0 Å². The summed E-state index contributed by atoms with van der Waals surface area (Å²) in [4.78, 5) is 0. The van der Waals surface area contributed by atoms with Crippen LogP contribution in [0.4, 0.5) is 0 Å². The van der Waals surface area contributed by atoms with Gasteiger partial charge in [0.25, 0.3) is 0 Å². The fraction of sp³-hybridized carbons (Fsp3) is 0. The van der Waals surface area contributed by atoms with Crippen LogP contribution in [0, 0.1) is 0 Å². The molecule has 0 spiro atoms. The molecule has 0 unspecified atom stereocenters. The second-order valence-electron chi connectivity index (χ2n) is 0. The van der Waals surface area contributed by atoms with Gasteiger partial charge in [0.2, 0.25) is 0 Å². The molecule has 0 saturated heterocycles. The van der Waals surface area contributed by atoms with Crippen LogP contribution in [0.15, 0.2) is 0 Å². The van der Waals surface area contributed by atoms with Gasteiger partial charge >= 0.3 is 0 Å². The summed E-state index contributed by atoms with van der Waals surface area (Å²) in [6.07, 6.45) is 0. The van der Waals surface area contributed by atoms with E-state index >= 15 is 0 Å². The minimum Gasteiger partial charge on any atom is 0 e. The predicted molar refractivity (Wildman–Crippen MR) is 0 cm³/mol. The van der Waals surface area contributed by atoms with Gasteiger partial charge in [-0.05, 0) is 0 Å². The summed E-state index contributed by atoms with van der Waals surface area (Å²) in [5.41, 5.74) is 0. The van der Waals surface area contributed by atoms with E-state index in [2.05, 4.69) is 0 Å². The first kappa shape index (κ1) is 33.0. The normalized spacial score (nSPS) is 0. The van der Waals surface area contributed by atoms with Crippen LogP contribution in [0.25, 0.3) is 0 Å². The zero-order valence-electron chi connectivity index (χ0n) is 1.30. The molecular formula is CoCuPtRu. The quantitative estimate of drug-likeness (QED) is 0.486. The van der Waals surface area contributed by atoms with Gasteiger partial charge in [0.1, 0.15) is 0 Å². The van der Waals surface area contributed by atoms with Crippen molar-refractivity contribution in [3.63, 3.8) is 0 Å². The molecule has 38 valence electrons. The third-order valence-electron chi connectivity index (χ3n) is 0. The van der Waals surface area contributed by atoms with Gasteiger partial charge in [0.05, 0.1) is 0 Å². The first-order valence-electron chi connectivity index (χ1n) is 0. The van der Waals surface area contributed by atoms with Crippen molar-refractivity contribution in [3.8, 4) is 0 Å². The average molecular weight is 419 g/mol. The molecule has 4 heavy (non-hydrogen) atoms. The second-order valence-corrected chi connectivity index (χ2v) is 0. The molecule has 0 aromatic rings. The molecule has 0 atom stereocenters. The molecule has 0 heterocycles. The molecule has 0 aromatic heterocycles. The fourth-order valence-corrected chi connectivity index (χ4v) is 0. The van der Waals surface area contributed by atoms with Gasteiger partial charge in [0.15, 0.2) is 0 Å². The van der Waals surface area contributed by atoms with Crippen molar-refractivity contribution in [2.24, 2.45) is 0 Å². The van der Waals surface area contributed by atoms with Crippen LogP contribution in [-0.2, 0) is 74.4 Å². The molecule has 0 aliphatic carbocycles. The Balaban J connectivity index is 0. The minimum atomic E-state index is 0. The molecular weight excluding hydrogens is 419 g/mol. The molecule has 0 amide bonds. The molecule has 0 fully saturated rings. The summed E-state index contributed by atoms with van der Waals surface area (Å²) in [5.74, 6) is 0. The summed E-state index contributed by atoms with van der Waals surface area (Å²) < 4.78 is 0. The Morgan fingerprint density at radius 2 is 1.00 bits per heavy atom. The third kappa shape index (κ3) is 8.84. The van der Waals surface area contributed by atoms with E-state index in [1.807, 2.05) is 0 Å². The molecule has 0 rings (SSSR count). The summed E-state index contributed by atoms with van der Waals surface area (Å²) in [5, 5.41) is 0. The third-order valence-corrected chi connectivity index (χ3v) is 0. The van der Waals surface area contributed by atoms with Gasteiger partial charge in [-0.15, -0.1) is 0 Å². The van der Waals surface area contributed by atoms with Gasteiger partial charge in [0, 0.05) is 74.4 Å². The van der Waals surface area contributed by atoms with Crippen molar-refractivity contribution >= 4 is 0 Å². The fourth-order valence-electron chi connectivity index (χ4n) is 0. The smallest absolute Gasteiger partial charge is 0 e. The van der Waals surface area contributed by atoms with Crippen LogP contribution in [0.2, 0.25) is 0 Å². The first-order valence-corrected chi connectivity index (χ1v) is 0. The topological polar surface area (TPSA) is 0 Å². The van der Waals surface area contributed by atoms with E-state index in [4.69, 9.17) is 0 Å². The Labute approximate surface area is 73.6 Å². The molecule has 0 bridgehead atoms. The number of rotatable bonds is 0. The van der Waals surface area contributed by atoms with Crippen LogP contribution < -0.4 is 0 Å². The maximum atomic E-state index is 0. The van der Waals surface area contributed by atoms with Crippen molar-refractivity contribution in [2.45, 2.75) is 0 Å². The SMILES string of the molecule is [Co].[Cu].[Pt].[Ru]. The van der Waals surface area contributed by atoms with Crippen LogP contribution in [0.5, 0.6) is 0 Å². The van der Waals surface area contributed by atoms with Gasteiger partial charge in [-0.2, -0.15) is 0 Å². The summed E-state index contributed by atoms with van der Waals surface area (Å²) >= 11 is 0. The predicted octanol–water partition coefficient (Wildman–Crippen LogP) is -0.0100. The van der Waals surface area contributed by atoms with Gasteiger partial charge < -0.3 is 0 Å². The van der Waals surface area contributed by atoms with E-state index in [1.165, 1.54) is 0 Å². The van der Waals surface area contributed by atoms with Crippen molar-refractivity contribution in [2.75, 3.05) is 0 Å². The van der Waals surface area contributed by atoms with Crippen LogP contribution >= 0.6 is 0 Å². The van der Waals surface area contributed by atoms with Crippen molar-refractivity contribution in [1.29, 1.82) is 0 Å². The largest absolute Gasteiger partial charge is 0 e. The molecule has 4 heteroatoms. The summed E-state index contributed by atoms with van der Waals surface area (Å²) in [6, 6.07) is 0. The van der Waals surface area contributed by atoms with E-state index < -0.39 is 0 Å². The van der Waals surface area contributed by atoms with Crippen LogP contribution in [0.3, 0.4) is 0 Å². The zero-order valence-corrected chi connectivity index (χ0v) is 7.30. The standard InChI is InChI=1S/Co.Cu.Pt.Ru. The van der Waals surface area contributed by atoms with E-state index in [0.717, 1.165) is 0 Å². The molecule has 0 nitrogen and oxygen atoms in total. The minimum absolute atomic E-state index is 0. The van der Waals surface area contributed by atoms with Crippen LogP contribution in [-0.4, -0.2) is 0 Å². The molecule has 0 aromatic carbocycles. The van der Waals surface area contributed by atoms with Crippen molar-refractivity contribution in [1.82, 2.24) is 0 Å². The zero-order chi connectivity index (χ0) is 0. The molecule has 0 aliphatic heterocycles. The maximum absolute atomic E-state index is 0.